The lowest BCUT2D eigenvalue weighted by Crippen LogP contribution is -2.30. The van der Waals surface area contributed by atoms with Gasteiger partial charge in [0, 0.05) is 11.6 Å². The van der Waals surface area contributed by atoms with Crippen molar-refractivity contribution in [2.24, 2.45) is 0 Å². The summed E-state index contributed by atoms with van der Waals surface area (Å²) in [7, 11) is 0. The maximum Gasteiger partial charge on any atom is 0.332 e. The van der Waals surface area contributed by atoms with E-state index in [9.17, 15) is 4.79 Å². The molecular formula is C10H11NO2. The zero-order valence-corrected chi connectivity index (χ0v) is 7.54. The Kier molecular flexibility index (Phi) is 3.67. The first-order valence-electron chi connectivity index (χ1n) is 3.58. The quantitative estimate of drug-likeness (QED) is 0.373. The second kappa shape index (κ2) is 4.27. The molecule has 0 saturated carbocycles. The summed E-state index contributed by atoms with van der Waals surface area (Å²) in [6.45, 7) is 11.7. The van der Waals surface area contributed by atoms with Gasteiger partial charge < -0.3 is 4.74 Å². The highest BCUT2D eigenvalue weighted by Crippen LogP contribution is 2.19. The van der Waals surface area contributed by atoms with Crippen molar-refractivity contribution < 1.29 is 9.53 Å². The van der Waals surface area contributed by atoms with Crippen LogP contribution in [0.5, 0.6) is 0 Å². The number of hydrogen-bond acceptors (Lipinski definition) is 3. The van der Waals surface area contributed by atoms with Crippen LogP contribution in [0, 0.1) is 11.3 Å². The summed E-state index contributed by atoms with van der Waals surface area (Å²) >= 11 is 0. The van der Waals surface area contributed by atoms with Crippen LogP contribution in [0.15, 0.2) is 37.5 Å². The number of carbonyl (C=O) groups is 1. The second-order valence-electron chi connectivity index (χ2n) is 2.50. The van der Waals surface area contributed by atoms with E-state index in [4.69, 9.17) is 10.00 Å². The van der Waals surface area contributed by atoms with Crippen molar-refractivity contribution in [3.8, 4) is 6.07 Å². The average molecular weight is 177 g/mol. The van der Waals surface area contributed by atoms with Gasteiger partial charge in [-0.05, 0) is 6.92 Å². The molecular weight excluding hydrogens is 166 g/mol. The minimum absolute atomic E-state index is 0.338. The highest BCUT2D eigenvalue weighted by Gasteiger charge is 2.29. The summed E-state index contributed by atoms with van der Waals surface area (Å²) in [6, 6.07) is 1.83. The van der Waals surface area contributed by atoms with Crippen LogP contribution in [-0.4, -0.2) is 11.6 Å². The average Bonchev–Trinajstić information content (AvgIpc) is 2.15. The Morgan fingerprint density at radius 3 is 2.38 bits per heavy atom. The van der Waals surface area contributed by atoms with Crippen molar-refractivity contribution in [1.29, 1.82) is 5.26 Å². The normalized spacial score (nSPS) is 13.2. The standard InChI is InChI=1S/C10H11NO2/c1-5-8(3)10(4,7-11)13-9(12)6-2/h5-6H,1-3H2,4H3. The molecule has 3 heteroatoms. The predicted molar refractivity (Wildman–Crippen MR) is 49.6 cm³/mol. The first kappa shape index (κ1) is 11.2. The smallest absolute Gasteiger partial charge is 0.332 e. The molecule has 0 bridgehead atoms. The fraction of sp³-hybridized carbons (Fsp3) is 0.200. The zero-order valence-electron chi connectivity index (χ0n) is 7.54. The third-order valence-electron chi connectivity index (χ3n) is 1.54. The topological polar surface area (TPSA) is 50.1 Å². The molecule has 0 fully saturated rings. The molecule has 0 heterocycles. The number of ether oxygens (including phenoxy) is 1. The molecule has 1 unspecified atom stereocenters. The molecule has 0 aliphatic rings. The van der Waals surface area contributed by atoms with E-state index in [1.165, 1.54) is 13.0 Å². The van der Waals surface area contributed by atoms with Gasteiger partial charge in [-0.15, -0.1) is 0 Å². The van der Waals surface area contributed by atoms with Gasteiger partial charge in [0.15, 0.2) is 0 Å². The Balaban J connectivity index is 4.77. The van der Waals surface area contributed by atoms with Crippen LogP contribution in [0.3, 0.4) is 0 Å². The molecule has 1 atom stereocenters. The third-order valence-corrected chi connectivity index (χ3v) is 1.54. The highest BCUT2D eigenvalue weighted by molar-refractivity contribution is 5.82. The van der Waals surface area contributed by atoms with E-state index in [-0.39, 0.29) is 0 Å². The van der Waals surface area contributed by atoms with Crippen LogP contribution >= 0.6 is 0 Å². The number of hydrogen-bond donors (Lipinski definition) is 0. The number of carbonyl (C=O) groups excluding carboxylic acids is 1. The van der Waals surface area contributed by atoms with E-state index < -0.39 is 11.6 Å². The van der Waals surface area contributed by atoms with Crippen LogP contribution in [0.2, 0.25) is 0 Å². The Hall–Kier alpha value is -1.82. The minimum atomic E-state index is -1.35. The molecule has 0 saturated heterocycles. The Labute approximate surface area is 77.6 Å². The first-order valence-corrected chi connectivity index (χ1v) is 3.58. The van der Waals surface area contributed by atoms with E-state index in [1.807, 2.05) is 6.07 Å². The molecule has 0 aliphatic carbocycles. The van der Waals surface area contributed by atoms with E-state index >= 15 is 0 Å². The van der Waals surface area contributed by atoms with Gasteiger partial charge in [0.25, 0.3) is 0 Å². The molecule has 3 nitrogen and oxygen atoms in total. The number of nitriles is 1. The van der Waals surface area contributed by atoms with Gasteiger partial charge in [-0.3, -0.25) is 0 Å². The van der Waals surface area contributed by atoms with Crippen LogP contribution in [0.25, 0.3) is 0 Å². The fourth-order valence-corrected chi connectivity index (χ4v) is 0.598. The summed E-state index contributed by atoms with van der Waals surface area (Å²) in [5.41, 5.74) is -1.02. The largest absolute Gasteiger partial charge is 0.436 e. The molecule has 0 radical (unpaired) electrons. The lowest BCUT2D eigenvalue weighted by molar-refractivity contribution is -0.144. The molecule has 0 N–H and O–H groups in total. The van der Waals surface area contributed by atoms with Gasteiger partial charge in [-0.1, -0.05) is 25.8 Å². The number of nitrogens with zero attached hydrogens (tertiary/aromatic N) is 1. The molecule has 0 aromatic heterocycles. The van der Waals surface area contributed by atoms with Crippen LogP contribution in [-0.2, 0) is 9.53 Å². The summed E-state index contributed by atoms with van der Waals surface area (Å²) in [5, 5.41) is 8.76. The Morgan fingerprint density at radius 1 is 1.54 bits per heavy atom. The molecule has 0 aliphatic heterocycles. The molecule has 68 valence electrons. The number of esters is 1. The second-order valence-corrected chi connectivity index (χ2v) is 2.50. The Bertz CT molecular complexity index is 299. The first-order chi connectivity index (χ1) is 6.00. The summed E-state index contributed by atoms with van der Waals surface area (Å²) in [4.78, 5) is 10.8. The van der Waals surface area contributed by atoms with E-state index in [2.05, 4.69) is 19.7 Å². The molecule has 0 spiro atoms. The zero-order chi connectivity index (χ0) is 10.5. The van der Waals surface area contributed by atoms with Gasteiger partial charge in [-0.2, -0.15) is 5.26 Å². The van der Waals surface area contributed by atoms with Crippen LogP contribution < -0.4 is 0 Å². The maximum atomic E-state index is 10.8. The third kappa shape index (κ3) is 2.60. The minimum Gasteiger partial charge on any atom is -0.436 e. The van der Waals surface area contributed by atoms with Crippen molar-refractivity contribution in [2.45, 2.75) is 12.5 Å². The van der Waals surface area contributed by atoms with Crippen molar-refractivity contribution in [3.05, 3.63) is 37.5 Å². The van der Waals surface area contributed by atoms with E-state index in [0.717, 1.165) is 6.08 Å². The van der Waals surface area contributed by atoms with Crippen molar-refractivity contribution >= 4 is 5.97 Å². The molecule has 0 aromatic carbocycles. The number of rotatable bonds is 4. The van der Waals surface area contributed by atoms with Crippen molar-refractivity contribution in [1.82, 2.24) is 0 Å². The fourth-order valence-electron chi connectivity index (χ4n) is 0.598. The monoisotopic (exact) mass is 177 g/mol. The van der Waals surface area contributed by atoms with Crippen molar-refractivity contribution in [3.63, 3.8) is 0 Å². The predicted octanol–water partition coefficient (Wildman–Crippen LogP) is 1.74. The van der Waals surface area contributed by atoms with Crippen molar-refractivity contribution in [2.75, 3.05) is 0 Å². The van der Waals surface area contributed by atoms with Crippen LogP contribution in [0.1, 0.15) is 6.92 Å². The SMILES string of the molecule is C=CC(=C)C(C)(C#N)OC(=O)C=C. The van der Waals surface area contributed by atoms with Gasteiger partial charge in [0.1, 0.15) is 6.07 Å². The van der Waals surface area contributed by atoms with E-state index in [0.29, 0.717) is 5.57 Å². The van der Waals surface area contributed by atoms with Gasteiger partial charge >= 0.3 is 5.97 Å². The molecule has 0 aromatic rings. The van der Waals surface area contributed by atoms with E-state index in [1.54, 1.807) is 0 Å². The van der Waals surface area contributed by atoms with Gasteiger partial charge in [0.05, 0.1) is 0 Å². The summed E-state index contributed by atoms with van der Waals surface area (Å²) in [6.07, 6.45) is 2.37. The molecule has 0 rings (SSSR count). The van der Waals surface area contributed by atoms with Gasteiger partial charge in [0.2, 0.25) is 5.60 Å². The summed E-state index contributed by atoms with van der Waals surface area (Å²) in [5.74, 6) is -0.660. The highest BCUT2D eigenvalue weighted by atomic mass is 16.6. The maximum absolute atomic E-state index is 10.8. The molecule has 13 heavy (non-hydrogen) atoms. The lowest BCUT2D eigenvalue weighted by Gasteiger charge is -2.21. The van der Waals surface area contributed by atoms with Crippen LogP contribution in [0.4, 0.5) is 0 Å². The molecule has 0 amide bonds. The lowest BCUT2D eigenvalue weighted by atomic mass is 9.99. The van der Waals surface area contributed by atoms with Gasteiger partial charge in [-0.25, -0.2) is 4.79 Å². The summed E-state index contributed by atoms with van der Waals surface area (Å²) < 4.78 is 4.80. The Morgan fingerprint density at radius 2 is 2.08 bits per heavy atom.